The average Bonchev–Trinajstić information content (AvgIpc) is 3.24. The first-order valence-corrected chi connectivity index (χ1v) is 13.1. The molecule has 0 saturated carbocycles. The number of ether oxygens (including phenoxy) is 2. The fourth-order valence-electron chi connectivity index (χ4n) is 3.63. The van der Waals surface area contributed by atoms with Gasteiger partial charge in [-0.3, -0.25) is 14.7 Å². The maximum absolute atomic E-state index is 13.5. The Kier molecular flexibility index (Phi) is 8.78. The van der Waals surface area contributed by atoms with Crippen LogP contribution in [0, 0.1) is 22.9 Å². The summed E-state index contributed by atoms with van der Waals surface area (Å²) in [5.41, 5.74) is 2.34. The van der Waals surface area contributed by atoms with Crippen molar-refractivity contribution in [3.05, 3.63) is 104 Å². The van der Waals surface area contributed by atoms with Gasteiger partial charge in [-0.25, -0.2) is 4.39 Å². The van der Waals surface area contributed by atoms with Gasteiger partial charge in [-0.15, -0.1) is 10.2 Å². The van der Waals surface area contributed by atoms with Gasteiger partial charge in [0.25, 0.3) is 0 Å². The van der Waals surface area contributed by atoms with Gasteiger partial charge >= 0.3 is 0 Å². The summed E-state index contributed by atoms with van der Waals surface area (Å²) in [4.78, 5) is 11.2. The summed E-state index contributed by atoms with van der Waals surface area (Å²) >= 11 is 4.64. The number of hydrogen-bond acceptors (Lipinski definition) is 7. The van der Waals surface area contributed by atoms with Crippen LogP contribution >= 0.6 is 27.7 Å². The Morgan fingerprint density at radius 2 is 1.78 bits per heavy atom. The highest BCUT2D eigenvalue weighted by molar-refractivity contribution is 9.10. The van der Waals surface area contributed by atoms with E-state index in [4.69, 9.17) is 9.47 Å². The van der Waals surface area contributed by atoms with Gasteiger partial charge in [0.1, 0.15) is 23.5 Å². The van der Waals surface area contributed by atoms with Crippen molar-refractivity contribution in [1.82, 2.24) is 14.8 Å². The number of hydrogen-bond donors (Lipinski definition) is 0. The van der Waals surface area contributed by atoms with Gasteiger partial charge in [-0.2, -0.15) is 0 Å². The van der Waals surface area contributed by atoms with Crippen molar-refractivity contribution in [1.29, 1.82) is 0 Å². The topological polar surface area (TPSA) is 92.3 Å². The van der Waals surface area contributed by atoms with E-state index >= 15 is 0 Å². The Bertz CT molecular complexity index is 1370. The van der Waals surface area contributed by atoms with Crippen LogP contribution < -0.4 is 9.47 Å². The second-order valence-electron chi connectivity index (χ2n) is 8.02. The summed E-state index contributed by atoms with van der Waals surface area (Å²) in [6.07, 6.45) is 0. The highest BCUT2D eigenvalue weighted by Crippen LogP contribution is 2.39. The largest absolute Gasteiger partial charge is 0.490 e. The molecule has 0 fully saturated rings. The molecular weight excluding hydrogens is 563 g/mol. The van der Waals surface area contributed by atoms with Gasteiger partial charge in [0.2, 0.25) is 6.54 Å². The SMILES string of the molecule is CCOc1cc([C@@H](C[N+](=O)[O-])Sc2nnc(C)n2-c2ccc(F)cc2)ccc1OCc1ccc(Br)cc1. The van der Waals surface area contributed by atoms with E-state index < -0.39 is 5.25 Å². The first-order valence-electron chi connectivity index (χ1n) is 11.4. The maximum Gasteiger partial charge on any atom is 0.220 e. The standard InChI is InChI=1S/C26H24BrFN4O4S/c1-3-35-24-14-19(6-13-23(24)36-16-18-4-7-20(27)8-5-18)25(15-31(33)34)37-26-30-29-17(2)32(26)22-11-9-21(28)10-12-22/h4-14,25H,3,15-16H2,1-2H3/t25-/m1/s1. The summed E-state index contributed by atoms with van der Waals surface area (Å²) in [6.45, 7) is 4.05. The Morgan fingerprint density at radius 3 is 2.46 bits per heavy atom. The third-order valence-electron chi connectivity index (χ3n) is 5.39. The normalized spacial score (nSPS) is 11.8. The monoisotopic (exact) mass is 586 g/mol. The van der Waals surface area contributed by atoms with Crippen molar-refractivity contribution < 1.29 is 18.8 Å². The fourth-order valence-corrected chi connectivity index (χ4v) is 5.06. The van der Waals surface area contributed by atoms with Crippen LogP contribution in [0.4, 0.5) is 4.39 Å². The van der Waals surface area contributed by atoms with Gasteiger partial charge in [0, 0.05) is 15.1 Å². The van der Waals surface area contributed by atoms with Crippen LogP contribution in [0.3, 0.4) is 0 Å². The molecule has 37 heavy (non-hydrogen) atoms. The number of nitrogens with zero attached hydrogens (tertiary/aromatic N) is 4. The lowest BCUT2D eigenvalue weighted by atomic mass is 10.1. The van der Waals surface area contributed by atoms with Crippen LogP contribution in [0.2, 0.25) is 0 Å². The molecule has 192 valence electrons. The molecule has 0 saturated heterocycles. The minimum atomic E-state index is -0.586. The first kappa shape index (κ1) is 26.6. The molecule has 3 aromatic carbocycles. The molecule has 0 N–H and O–H groups in total. The maximum atomic E-state index is 13.5. The third-order valence-corrected chi connectivity index (χ3v) is 7.10. The highest BCUT2D eigenvalue weighted by atomic mass is 79.9. The van der Waals surface area contributed by atoms with E-state index in [2.05, 4.69) is 26.1 Å². The molecule has 4 rings (SSSR count). The quantitative estimate of drug-likeness (QED) is 0.111. The minimum absolute atomic E-state index is 0.343. The van der Waals surface area contributed by atoms with E-state index in [1.807, 2.05) is 31.2 Å². The number of rotatable bonds is 11. The fraction of sp³-hybridized carbons (Fsp3) is 0.231. The van der Waals surface area contributed by atoms with E-state index in [0.717, 1.165) is 10.0 Å². The van der Waals surface area contributed by atoms with Crippen molar-refractivity contribution in [3.8, 4) is 17.2 Å². The number of aryl methyl sites for hydroxylation is 1. The summed E-state index contributed by atoms with van der Waals surface area (Å²) < 4.78 is 28.0. The summed E-state index contributed by atoms with van der Waals surface area (Å²) in [5, 5.41) is 19.8. The number of thioether (sulfide) groups is 1. The Hall–Kier alpha value is -3.44. The lowest BCUT2D eigenvalue weighted by Crippen LogP contribution is -2.11. The van der Waals surface area contributed by atoms with Gasteiger partial charge in [-0.1, -0.05) is 45.9 Å². The van der Waals surface area contributed by atoms with Crippen LogP contribution in [-0.4, -0.2) is 32.8 Å². The molecule has 0 radical (unpaired) electrons. The van der Waals surface area contributed by atoms with E-state index in [-0.39, 0.29) is 17.3 Å². The molecule has 1 heterocycles. The van der Waals surface area contributed by atoms with E-state index in [0.29, 0.717) is 46.9 Å². The lowest BCUT2D eigenvalue weighted by molar-refractivity contribution is -0.479. The highest BCUT2D eigenvalue weighted by Gasteiger charge is 2.25. The third kappa shape index (κ3) is 6.86. The molecule has 11 heteroatoms. The van der Waals surface area contributed by atoms with Gasteiger partial charge in [-0.05, 0) is 73.5 Å². The molecule has 0 aliphatic rings. The Balaban J connectivity index is 1.61. The van der Waals surface area contributed by atoms with Crippen LogP contribution in [-0.2, 0) is 6.61 Å². The number of benzene rings is 3. The molecule has 0 amide bonds. The van der Waals surface area contributed by atoms with E-state index in [9.17, 15) is 14.5 Å². The number of aromatic nitrogens is 3. The molecular formula is C26H24BrFN4O4S. The molecule has 8 nitrogen and oxygen atoms in total. The van der Waals surface area contributed by atoms with Gasteiger partial charge in [0.05, 0.1) is 6.61 Å². The van der Waals surface area contributed by atoms with Crippen LogP contribution in [0.25, 0.3) is 5.69 Å². The number of nitro groups is 1. The molecule has 4 aromatic rings. The Labute approximate surface area is 226 Å². The van der Waals surface area contributed by atoms with Crippen molar-refractivity contribution in [2.24, 2.45) is 0 Å². The number of halogens is 2. The molecule has 0 bridgehead atoms. The predicted molar refractivity (Wildman–Crippen MR) is 143 cm³/mol. The predicted octanol–water partition coefficient (Wildman–Crippen LogP) is 6.57. The summed E-state index contributed by atoms with van der Waals surface area (Å²) in [6, 6.07) is 19.1. The average molecular weight is 587 g/mol. The second-order valence-corrected chi connectivity index (χ2v) is 10.1. The van der Waals surface area contributed by atoms with Crippen molar-refractivity contribution in [3.63, 3.8) is 0 Å². The van der Waals surface area contributed by atoms with Gasteiger partial charge in [0.15, 0.2) is 16.7 Å². The first-order chi connectivity index (χ1) is 17.8. The van der Waals surface area contributed by atoms with Crippen molar-refractivity contribution >= 4 is 27.7 Å². The lowest BCUT2D eigenvalue weighted by Gasteiger charge is -2.17. The Morgan fingerprint density at radius 1 is 1.05 bits per heavy atom. The van der Waals surface area contributed by atoms with Crippen LogP contribution in [0.1, 0.15) is 29.1 Å². The zero-order chi connectivity index (χ0) is 26.4. The molecule has 1 atom stereocenters. The second kappa shape index (κ2) is 12.2. The van der Waals surface area contributed by atoms with E-state index in [1.54, 1.807) is 41.8 Å². The van der Waals surface area contributed by atoms with Crippen LogP contribution in [0.5, 0.6) is 11.5 Å². The summed E-state index contributed by atoms with van der Waals surface area (Å²) in [7, 11) is 0. The molecule has 0 unspecified atom stereocenters. The van der Waals surface area contributed by atoms with E-state index in [1.165, 1.54) is 23.9 Å². The summed E-state index contributed by atoms with van der Waals surface area (Å²) in [5.74, 6) is 1.27. The molecule has 1 aromatic heterocycles. The minimum Gasteiger partial charge on any atom is -0.490 e. The molecule has 0 aliphatic heterocycles. The van der Waals surface area contributed by atoms with Crippen molar-refractivity contribution in [2.75, 3.05) is 13.2 Å². The smallest absolute Gasteiger partial charge is 0.220 e. The molecule has 0 spiro atoms. The van der Waals surface area contributed by atoms with Crippen LogP contribution in [0.15, 0.2) is 76.4 Å². The zero-order valence-electron chi connectivity index (χ0n) is 20.1. The van der Waals surface area contributed by atoms with Crippen molar-refractivity contribution in [2.45, 2.75) is 30.9 Å². The van der Waals surface area contributed by atoms with Gasteiger partial charge < -0.3 is 9.47 Å². The molecule has 0 aliphatic carbocycles. The zero-order valence-corrected chi connectivity index (χ0v) is 22.5.